The molecule has 2 atom stereocenters. The van der Waals surface area contributed by atoms with Crippen LogP contribution in [0.4, 0.5) is 0 Å². The van der Waals surface area contributed by atoms with Crippen LogP contribution in [0, 0.1) is 11.8 Å². The number of hydrogen-bond donors (Lipinski definition) is 3. The van der Waals surface area contributed by atoms with Gasteiger partial charge < -0.3 is 10.4 Å². The minimum atomic E-state index is -3.96. The molecule has 0 fully saturated rings. The first-order chi connectivity index (χ1) is 12.4. The SMILES string of the molecule is CC(C)C[C@H](NS(=O)(=O)c1ccc(Cl)cc1)C(=O)N[C@H](CC(C)C)C(=O)O. The van der Waals surface area contributed by atoms with Gasteiger partial charge in [0.1, 0.15) is 12.1 Å². The number of amides is 1. The van der Waals surface area contributed by atoms with E-state index in [1.807, 2.05) is 27.7 Å². The normalized spacial score (nSPS) is 14.2. The molecule has 1 rings (SSSR count). The van der Waals surface area contributed by atoms with Crippen molar-refractivity contribution in [2.24, 2.45) is 11.8 Å². The van der Waals surface area contributed by atoms with Gasteiger partial charge in [0.25, 0.3) is 0 Å². The monoisotopic (exact) mass is 418 g/mol. The molecular weight excluding hydrogens is 392 g/mol. The summed E-state index contributed by atoms with van der Waals surface area (Å²) in [5, 5.41) is 12.1. The fraction of sp³-hybridized carbons (Fsp3) is 0.556. The maximum Gasteiger partial charge on any atom is 0.326 e. The van der Waals surface area contributed by atoms with Crippen molar-refractivity contribution in [3.63, 3.8) is 0 Å². The van der Waals surface area contributed by atoms with Crippen molar-refractivity contribution in [1.29, 1.82) is 0 Å². The van der Waals surface area contributed by atoms with E-state index < -0.39 is 34.0 Å². The Hall–Kier alpha value is -1.64. The van der Waals surface area contributed by atoms with E-state index in [0.29, 0.717) is 5.02 Å². The molecule has 0 aliphatic heterocycles. The highest BCUT2D eigenvalue weighted by Crippen LogP contribution is 2.16. The number of carbonyl (C=O) groups is 2. The first-order valence-corrected chi connectivity index (χ1v) is 10.6. The Bertz CT molecular complexity index is 748. The Labute approximate surface area is 165 Å². The summed E-state index contributed by atoms with van der Waals surface area (Å²) < 4.78 is 27.6. The summed E-state index contributed by atoms with van der Waals surface area (Å²) in [5.41, 5.74) is 0. The zero-order chi connectivity index (χ0) is 20.8. The predicted molar refractivity (Wildman–Crippen MR) is 104 cm³/mol. The average Bonchev–Trinajstić information content (AvgIpc) is 2.52. The number of nitrogens with one attached hydrogen (secondary N) is 2. The van der Waals surface area contributed by atoms with Gasteiger partial charge in [0.05, 0.1) is 4.90 Å². The van der Waals surface area contributed by atoms with Crippen molar-refractivity contribution in [3.8, 4) is 0 Å². The Balaban J connectivity index is 3.01. The number of carbonyl (C=O) groups excluding carboxylic acids is 1. The number of hydrogen-bond acceptors (Lipinski definition) is 4. The van der Waals surface area contributed by atoms with E-state index in [9.17, 15) is 23.1 Å². The summed E-state index contributed by atoms with van der Waals surface area (Å²) in [6, 6.07) is 3.40. The zero-order valence-electron chi connectivity index (χ0n) is 15.9. The molecule has 1 aromatic carbocycles. The van der Waals surface area contributed by atoms with Gasteiger partial charge in [-0.3, -0.25) is 4.79 Å². The number of halogens is 1. The second-order valence-corrected chi connectivity index (χ2v) is 9.44. The Morgan fingerprint density at radius 3 is 1.93 bits per heavy atom. The van der Waals surface area contributed by atoms with Crippen molar-refractivity contribution in [1.82, 2.24) is 10.0 Å². The van der Waals surface area contributed by atoms with Gasteiger partial charge in [-0.1, -0.05) is 39.3 Å². The number of rotatable bonds is 10. The van der Waals surface area contributed by atoms with Gasteiger partial charge in [-0.05, 0) is 48.9 Å². The second-order valence-electron chi connectivity index (χ2n) is 7.29. The molecule has 0 aromatic heterocycles. The first kappa shape index (κ1) is 23.4. The largest absolute Gasteiger partial charge is 0.480 e. The maximum absolute atomic E-state index is 12.6. The molecular formula is C18H27ClN2O5S. The van der Waals surface area contributed by atoms with Crippen molar-refractivity contribution < 1.29 is 23.1 Å². The lowest BCUT2D eigenvalue weighted by molar-refractivity contribution is -0.142. The van der Waals surface area contributed by atoms with Crippen molar-refractivity contribution in [2.75, 3.05) is 0 Å². The molecule has 7 nitrogen and oxygen atoms in total. The molecule has 3 N–H and O–H groups in total. The minimum absolute atomic E-state index is 0.0158. The van der Waals surface area contributed by atoms with Gasteiger partial charge in [-0.2, -0.15) is 4.72 Å². The van der Waals surface area contributed by atoms with Crippen molar-refractivity contribution in [2.45, 2.75) is 57.5 Å². The summed E-state index contributed by atoms with van der Waals surface area (Å²) in [4.78, 5) is 24.0. The smallest absolute Gasteiger partial charge is 0.326 e. The van der Waals surface area contributed by atoms with Gasteiger partial charge >= 0.3 is 5.97 Å². The standard InChI is InChI=1S/C18H27ClN2O5S/c1-11(2)9-15(17(22)20-16(18(23)24)10-12(3)4)21-27(25,26)14-7-5-13(19)6-8-14/h5-8,11-12,15-16,21H,9-10H2,1-4H3,(H,20,22)(H,23,24)/t15-,16+/m0/s1. The summed E-state index contributed by atoms with van der Waals surface area (Å²) >= 11 is 5.78. The topological polar surface area (TPSA) is 113 Å². The van der Waals surface area contributed by atoms with Crippen LogP contribution in [0.15, 0.2) is 29.2 Å². The lowest BCUT2D eigenvalue weighted by Crippen LogP contribution is -2.52. The van der Waals surface area contributed by atoms with Crippen LogP contribution in [0.1, 0.15) is 40.5 Å². The van der Waals surface area contributed by atoms with E-state index in [1.54, 1.807) is 0 Å². The van der Waals surface area contributed by atoms with Crippen LogP contribution >= 0.6 is 11.6 Å². The molecule has 0 saturated heterocycles. The molecule has 9 heteroatoms. The maximum atomic E-state index is 12.6. The Morgan fingerprint density at radius 1 is 1.00 bits per heavy atom. The van der Waals surface area contributed by atoms with Crippen molar-refractivity contribution in [3.05, 3.63) is 29.3 Å². The zero-order valence-corrected chi connectivity index (χ0v) is 17.5. The molecule has 27 heavy (non-hydrogen) atoms. The third kappa shape index (κ3) is 7.86. The van der Waals surface area contributed by atoms with Crippen molar-refractivity contribution >= 4 is 33.5 Å². The van der Waals surface area contributed by atoms with Crippen LogP contribution in [-0.4, -0.2) is 37.5 Å². The van der Waals surface area contributed by atoms with E-state index >= 15 is 0 Å². The molecule has 152 valence electrons. The highest BCUT2D eigenvalue weighted by Gasteiger charge is 2.30. The molecule has 0 spiro atoms. The number of carboxylic acids is 1. The van der Waals surface area contributed by atoms with Crippen LogP contribution < -0.4 is 10.0 Å². The third-order valence-corrected chi connectivity index (χ3v) is 5.51. The van der Waals surface area contributed by atoms with Crippen LogP contribution in [0.5, 0.6) is 0 Å². The summed E-state index contributed by atoms with van der Waals surface area (Å²) in [7, 11) is -3.96. The molecule has 0 saturated carbocycles. The van der Waals surface area contributed by atoms with Crippen LogP contribution in [0.2, 0.25) is 5.02 Å². The van der Waals surface area contributed by atoms with Gasteiger partial charge in [-0.25, -0.2) is 13.2 Å². The second kappa shape index (κ2) is 10.1. The molecule has 0 heterocycles. The first-order valence-electron chi connectivity index (χ1n) is 8.73. The molecule has 0 aliphatic rings. The molecule has 0 unspecified atom stereocenters. The fourth-order valence-electron chi connectivity index (χ4n) is 2.51. The lowest BCUT2D eigenvalue weighted by atomic mass is 10.0. The lowest BCUT2D eigenvalue weighted by Gasteiger charge is -2.23. The summed E-state index contributed by atoms with van der Waals surface area (Å²) in [6.07, 6.45) is 0.478. The molecule has 0 aliphatic carbocycles. The van der Waals surface area contributed by atoms with Crippen LogP contribution in [0.3, 0.4) is 0 Å². The molecule has 1 aromatic rings. The van der Waals surface area contributed by atoms with E-state index in [-0.39, 0.29) is 29.6 Å². The van der Waals surface area contributed by atoms with Gasteiger partial charge in [0, 0.05) is 5.02 Å². The quantitative estimate of drug-likeness (QED) is 0.540. The molecule has 1 amide bonds. The third-order valence-electron chi connectivity index (χ3n) is 3.77. The number of sulfonamides is 1. The average molecular weight is 419 g/mol. The van der Waals surface area contributed by atoms with Gasteiger partial charge in [-0.15, -0.1) is 0 Å². The van der Waals surface area contributed by atoms with Crippen LogP contribution in [0.25, 0.3) is 0 Å². The molecule has 0 radical (unpaired) electrons. The van der Waals surface area contributed by atoms with Gasteiger partial charge in [0.2, 0.25) is 15.9 Å². The predicted octanol–water partition coefficient (Wildman–Crippen LogP) is 2.65. The number of aliphatic carboxylic acids is 1. The van der Waals surface area contributed by atoms with E-state index in [1.165, 1.54) is 24.3 Å². The summed E-state index contributed by atoms with van der Waals surface area (Å²) in [5.74, 6) is -1.74. The highest BCUT2D eigenvalue weighted by molar-refractivity contribution is 7.89. The Kier molecular flexibility index (Phi) is 8.71. The highest BCUT2D eigenvalue weighted by atomic mass is 35.5. The number of benzene rings is 1. The van der Waals surface area contributed by atoms with E-state index in [4.69, 9.17) is 11.6 Å². The van der Waals surface area contributed by atoms with E-state index in [2.05, 4.69) is 10.0 Å². The van der Waals surface area contributed by atoms with E-state index in [0.717, 1.165) is 0 Å². The fourth-order valence-corrected chi connectivity index (χ4v) is 3.85. The minimum Gasteiger partial charge on any atom is -0.480 e. The van der Waals surface area contributed by atoms with Gasteiger partial charge in [0.15, 0.2) is 0 Å². The van der Waals surface area contributed by atoms with Crippen LogP contribution in [-0.2, 0) is 19.6 Å². The molecule has 0 bridgehead atoms. The Morgan fingerprint density at radius 2 is 1.48 bits per heavy atom. The number of carboxylic acid groups (broad SMARTS) is 1. The summed E-state index contributed by atoms with van der Waals surface area (Å²) in [6.45, 7) is 7.38.